The zero-order chi connectivity index (χ0) is 26.1. The Bertz CT molecular complexity index is 1520. The molecule has 5 rings (SSSR count). The van der Waals surface area contributed by atoms with Gasteiger partial charge in [0.25, 0.3) is 11.8 Å². The van der Waals surface area contributed by atoms with Crippen molar-refractivity contribution in [3.05, 3.63) is 59.9 Å². The van der Waals surface area contributed by atoms with Crippen molar-refractivity contribution in [2.24, 2.45) is 0 Å². The fourth-order valence-electron chi connectivity index (χ4n) is 5.33. The first-order valence-electron chi connectivity index (χ1n) is 12.6. The second-order valence-electron chi connectivity index (χ2n) is 9.09. The Labute approximate surface area is 215 Å². The van der Waals surface area contributed by atoms with Gasteiger partial charge in [0.2, 0.25) is 0 Å². The second-order valence-corrected chi connectivity index (χ2v) is 9.09. The fourth-order valence-corrected chi connectivity index (χ4v) is 5.33. The van der Waals surface area contributed by atoms with E-state index < -0.39 is 11.8 Å². The highest BCUT2D eigenvalue weighted by Crippen LogP contribution is 2.44. The summed E-state index contributed by atoms with van der Waals surface area (Å²) >= 11 is 0. The Morgan fingerprint density at radius 2 is 1.65 bits per heavy atom. The average Bonchev–Trinajstić information content (AvgIpc) is 3.58. The first-order chi connectivity index (χ1) is 18.0. The van der Waals surface area contributed by atoms with Gasteiger partial charge < -0.3 is 23.9 Å². The lowest BCUT2D eigenvalue weighted by Gasteiger charge is -2.18. The number of hydrogen-bond acceptors (Lipinski definition) is 5. The molecule has 1 aliphatic heterocycles. The lowest BCUT2D eigenvalue weighted by Crippen LogP contribution is -2.24. The summed E-state index contributed by atoms with van der Waals surface area (Å²) in [7, 11) is 3.18. The van der Waals surface area contributed by atoms with Gasteiger partial charge in [-0.1, -0.05) is 32.0 Å². The fraction of sp³-hybridized carbons (Fsp3) is 0.310. The summed E-state index contributed by atoms with van der Waals surface area (Å²) in [5.74, 6) is 0.276. The summed E-state index contributed by atoms with van der Waals surface area (Å²) in [4.78, 5) is 32.1. The number of nitrogens with zero attached hydrogens (tertiary/aromatic N) is 2. The molecule has 0 bridgehead atoms. The first kappa shape index (κ1) is 24.6. The van der Waals surface area contributed by atoms with Crippen LogP contribution in [0.3, 0.4) is 0 Å². The minimum atomic E-state index is -0.419. The first-order valence-corrected chi connectivity index (χ1v) is 12.6. The second kappa shape index (κ2) is 10.1. The van der Waals surface area contributed by atoms with Gasteiger partial charge in [0, 0.05) is 41.0 Å². The van der Waals surface area contributed by atoms with E-state index in [9.17, 15) is 9.59 Å². The highest BCUT2D eigenvalue weighted by atomic mass is 16.5. The number of H-pyrrole nitrogens is 1. The van der Waals surface area contributed by atoms with Crippen molar-refractivity contribution in [1.82, 2.24) is 19.8 Å². The summed E-state index contributed by atoms with van der Waals surface area (Å²) < 4.78 is 13.5. The molecule has 0 spiro atoms. The number of aromatic nitrogens is 2. The molecule has 8 nitrogen and oxygen atoms in total. The smallest absolute Gasteiger partial charge is 0.259 e. The summed E-state index contributed by atoms with van der Waals surface area (Å²) in [6.07, 6.45) is 4.70. The standard InChI is InChI=1S/C29H32N4O4/c1-5-32(6-2)14-9-15-33-17-20(24-22(33)12-13-23(36-3)27(24)37-4)26-25(28(34)31-29(26)35)19-16-30-21-11-8-7-10-18(19)21/h7-8,10-13,16-17,30H,5-6,9,14-15H2,1-4H3,(H,31,34,35). The molecule has 0 atom stereocenters. The molecule has 0 radical (unpaired) electrons. The zero-order valence-corrected chi connectivity index (χ0v) is 21.7. The molecule has 8 heteroatoms. The largest absolute Gasteiger partial charge is 0.493 e. The van der Waals surface area contributed by atoms with E-state index in [1.807, 2.05) is 42.6 Å². The Morgan fingerprint density at radius 1 is 0.919 bits per heavy atom. The number of ether oxygens (including phenoxy) is 2. The van der Waals surface area contributed by atoms with Crippen LogP contribution in [0.5, 0.6) is 11.5 Å². The van der Waals surface area contributed by atoms with E-state index in [4.69, 9.17) is 9.47 Å². The van der Waals surface area contributed by atoms with Gasteiger partial charge in [-0.3, -0.25) is 14.9 Å². The number of amides is 2. The summed E-state index contributed by atoms with van der Waals surface area (Å²) in [6, 6.07) is 11.6. The van der Waals surface area contributed by atoms with Crippen LogP contribution in [0.2, 0.25) is 0 Å². The van der Waals surface area contributed by atoms with E-state index in [0.29, 0.717) is 33.8 Å². The molecule has 192 valence electrons. The highest BCUT2D eigenvalue weighted by Gasteiger charge is 2.36. The van der Waals surface area contributed by atoms with Gasteiger partial charge in [-0.25, -0.2) is 0 Å². The zero-order valence-electron chi connectivity index (χ0n) is 21.7. The quantitative estimate of drug-likeness (QED) is 0.314. The average molecular weight is 501 g/mol. The molecule has 1 aliphatic rings. The molecule has 2 amide bonds. The van der Waals surface area contributed by atoms with Crippen molar-refractivity contribution >= 4 is 44.8 Å². The molecule has 0 saturated heterocycles. The minimum absolute atomic E-state index is 0.341. The normalized spacial score (nSPS) is 13.9. The number of aromatic amines is 1. The van der Waals surface area contributed by atoms with Crippen LogP contribution >= 0.6 is 0 Å². The van der Waals surface area contributed by atoms with E-state index in [-0.39, 0.29) is 0 Å². The highest BCUT2D eigenvalue weighted by molar-refractivity contribution is 6.51. The Balaban J connectivity index is 1.73. The maximum absolute atomic E-state index is 13.3. The van der Waals surface area contributed by atoms with Crippen LogP contribution in [-0.2, 0) is 16.1 Å². The number of fused-ring (bicyclic) bond motifs is 2. The number of benzene rings is 2. The molecule has 4 aromatic rings. The van der Waals surface area contributed by atoms with Crippen molar-refractivity contribution in [3.63, 3.8) is 0 Å². The van der Waals surface area contributed by atoms with E-state index in [2.05, 4.69) is 33.6 Å². The number of para-hydroxylation sites is 1. The van der Waals surface area contributed by atoms with Crippen molar-refractivity contribution in [1.29, 1.82) is 0 Å². The van der Waals surface area contributed by atoms with Crippen LogP contribution in [0, 0.1) is 0 Å². The number of aryl methyl sites for hydroxylation is 1. The number of rotatable bonds is 10. The summed E-state index contributed by atoms with van der Waals surface area (Å²) in [5, 5.41) is 4.16. The lowest BCUT2D eigenvalue weighted by atomic mass is 9.95. The number of hydrogen-bond donors (Lipinski definition) is 2. The molecule has 2 aromatic heterocycles. The van der Waals surface area contributed by atoms with Gasteiger partial charge in [0.1, 0.15) is 0 Å². The van der Waals surface area contributed by atoms with Crippen molar-refractivity contribution in [2.45, 2.75) is 26.8 Å². The number of imide groups is 1. The molecule has 0 unspecified atom stereocenters. The SMILES string of the molecule is CCN(CC)CCCn1cc(C2=C(c3c[nH]c4ccccc34)C(=O)NC2=O)c2c(OC)c(OC)ccc21. The third-order valence-corrected chi connectivity index (χ3v) is 7.21. The number of carbonyl (C=O) groups is 2. The monoisotopic (exact) mass is 500 g/mol. The van der Waals surface area contributed by atoms with E-state index in [1.54, 1.807) is 20.4 Å². The van der Waals surface area contributed by atoms with E-state index >= 15 is 0 Å². The molecule has 0 fully saturated rings. The van der Waals surface area contributed by atoms with Crippen LogP contribution in [0.1, 0.15) is 31.4 Å². The van der Waals surface area contributed by atoms with Crippen LogP contribution in [0.4, 0.5) is 0 Å². The topological polar surface area (TPSA) is 88.6 Å². The Kier molecular flexibility index (Phi) is 6.76. The molecular weight excluding hydrogens is 468 g/mol. The van der Waals surface area contributed by atoms with E-state index in [0.717, 1.165) is 54.4 Å². The van der Waals surface area contributed by atoms with Crippen LogP contribution in [-0.4, -0.2) is 60.1 Å². The number of methoxy groups -OCH3 is 2. The van der Waals surface area contributed by atoms with Gasteiger partial charge in [-0.15, -0.1) is 0 Å². The molecule has 2 aromatic carbocycles. The third-order valence-electron chi connectivity index (χ3n) is 7.21. The molecule has 2 N–H and O–H groups in total. The van der Waals surface area contributed by atoms with Crippen molar-refractivity contribution in [2.75, 3.05) is 33.9 Å². The minimum Gasteiger partial charge on any atom is -0.493 e. The van der Waals surface area contributed by atoms with Gasteiger partial charge in [-0.2, -0.15) is 0 Å². The summed E-state index contributed by atoms with van der Waals surface area (Å²) in [5.41, 5.74) is 3.86. The Morgan fingerprint density at radius 3 is 2.35 bits per heavy atom. The van der Waals surface area contributed by atoms with Gasteiger partial charge in [0.15, 0.2) is 11.5 Å². The number of nitrogens with one attached hydrogen (secondary N) is 2. The molecule has 0 saturated carbocycles. The van der Waals surface area contributed by atoms with Gasteiger partial charge in [0.05, 0.1) is 36.3 Å². The van der Waals surface area contributed by atoms with Crippen molar-refractivity contribution < 1.29 is 19.1 Å². The predicted octanol–water partition coefficient (Wildman–Crippen LogP) is 4.44. The Hall–Kier alpha value is -4.04. The van der Waals surface area contributed by atoms with Crippen molar-refractivity contribution in [3.8, 4) is 11.5 Å². The van der Waals surface area contributed by atoms with Crippen LogP contribution < -0.4 is 14.8 Å². The lowest BCUT2D eigenvalue weighted by molar-refractivity contribution is -0.122. The molecular formula is C29H32N4O4. The third kappa shape index (κ3) is 4.17. The molecule has 37 heavy (non-hydrogen) atoms. The molecule has 0 aliphatic carbocycles. The van der Waals surface area contributed by atoms with Crippen LogP contribution in [0.15, 0.2) is 48.8 Å². The number of carbonyl (C=O) groups excluding carboxylic acids is 2. The van der Waals surface area contributed by atoms with Crippen LogP contribution in [0.25, 0.3) is 33.0 Å². The maximum Gasteiger partial charge on any atom is 0.259 e. The van der Waals surface area contributed by atoms with E-state index in [1.165, 1.54) is 0 Å². The maximum atomic E-state index is 13.3. The molecule has 3 heterocycles. The summed E-state index contributed by atoms with van der Waals surface area (Å²) in [6.45, 7) is 8.06. The van der Waals surface area contributed by atoms with Gasteiger partial charge in [-0.05, 0) is 44.3 Å². The van der Waals surface area contributed by atoms with Gasteiger partial charge >= 0.3 is 0 Å². The predicted molar refractivity (Wildman–Crippen MR) is 146 cm³/mol.